The van der Waals surface area contributed by atoms with Crippen molar-refractivity contribution in [3.63, 3.8) is 0 Å². The van der Waals surface area contributed by atoms with Crippen LogP contribution in [0.1, 0.15) is 20.3 Å². The van der Waals surface area contributed by atoms with Crippen LogP contribution in [0, 0.1) is 11.6 Å². The minimum absolute atomic E-state index is 0.151. The van der Waals surface area contributed by atoms with E-state index in [1.165, 1.54) is 26.4 Å². The van der Waals surface area contributed by atoms with E-state index in [1.807, 2.05) is 4.72 Å². The highest BCUT2D eigenvalue weighted by molar-refractivity contribution is 7.92. The number of fused-ring (bicyclic) bond motifs is 1. The number of aromatic nitrogens is 4. The molecule has 1 atom stereocenters. The molecule has 0 saturated carbocycles. The largest absolute Gasteiger partial charge is 0.453 e. The number of carbonyl (C=O) groups is 1. The van der Waals surface area contributed by atoms with Gasteiger partial charge in [-0.15, -0.1) is 0 Å². The quantitative estimate of drug-likeness (QED) is 0.380. The fraction of sp³-hybridized carbons (Fsp3) is 0.381. The number of halogens is 2. The Morgan fingerprint density at radius 1 is 1.25 bits per heavy atom. The zero-order valence-corrected chi connectivity index (χ0v) is 20.7. The number of amides is 1. The van der Waals surface area contributed by atoms with Gasteiger partial charge in [-0.1, -0.05) is 6.92 Å². The average Bonchev–Trinajstić information content (AvgIpc) is 2.82. The Morgan fingerprint density at radius 3 is 2.64 bits per heavy atom. The molecule has 0 saturated heterocycles. The average molecular weight is 526 g/mol. The third-order valence-electron chi connectivity index (χ3n) is 5.03. The van der Waals surface area contributed by atoms with Crippen LogP contribution in [0.2, 0.25) is 0 Å². The van der Waals surface area contributed by atoms with Crippen molar-refractivity contribution in [1.82, 2.24) is 24.8 Å². The van der Waals surface area contributed by atoms with Crippen LogP contribution >= 0.6 is 0 Å². The highest BCUT2D eigenvalue weighted by atomic mass is 32.2. The number of hydrogen-bond acceptors (Lipinski definition) is 9. The third kappa shape index (κ3) is 5.84. The number of hydrogen-bond donors (Lipinski definition) is 3. The maximum absolute atomic E-state index is 15.2. The number of rotatable bonds is 9. The number of pyridine rings is 2. The van der Waals surface area contributed by atoms with Gasteiger partial charge in [-0.3, -0.25) is 14.1 Å². The van der Waals surface area contributed by atoms with Gasteiger partial charge in [0.25, 0.3) is 5.56 Å². The minimum Gasteiger partial charge on any atom is -0.453 e. The van der Waals surface area contributed by atoms with Gasteiger partial charge in [0.2, 0.25) is 16.0 Å². The van der Waals surface area contributed by atoms with E-state index in [-0.39, 0.29) is 41.9 Å². The maximum atomic E-state index is 15.2. The molecular weight excluding hydrogens is 500 g/mol. The lowest BCUT2D eigenvalue weighted by Gasteiger charge is -2.15. The summed E-state index contributed by atoms with van der Waals surface area (Å²) in [5.41, 5.74) is -1.70. The summed E-state index contributed by atoms with van der Waals surface area (Å²) in [6.45, 7) is 3.60. The van der Waals surface area contributed by atoms with Crippen molar-refractivity contribution in [2.24, 2.45) is 7.05 Å². The van der Waals surface area contributed by atoms with E-state index in [9.17, 15) is 22.4 Å². The number of anilines is 2. The first-order valence-electron chi connectivity index (χ1n) is 10.8. The highest BCUT2D eigenvalue weighted by Gasteiger charge is 2.23. The van der Waals surface area contributed by atoms with Gasteiger partial charge in [-0.05, 0) is 19.4 Å². The number of alkyl carbamates (subject to hydrolysis) is 1. The molecule has 1 amide bonds. The summed E-state index contributed by atoms with van der Waals surface area (Å²) in [6.07, 6.45) is 1.66. The third-order valence-corrected chi connectivity index (χ3v) is 6.48. The topological polar surface area (TPSA) is 157 Å². The molecule has 0 aliphatic rings. The summed E-state index contributed by atoms with van der Waals surface area (Å²) in [7, 11) is -1.30. The van der Waals surface area contributed by atoms with Crippen LogP contribution in [-0.2, 0) is 21.8 Å². The molecule has 0 aliphatic heterocycles. The fourth-order valence-electron chi connectivity index (χ4n) is 3.32. The second kappa shape index (κ2) is 10.8. The number of nitrogens with one attached hydrogen (secondary N) is 3. The Balaban J connectivity index is 1.99. The molecule has 3 aromatic heterocycles. The molecule has 194 valence electrons. The predicted octanol–water partition coefficient (Wildman–Crippen LogP) is 1.98. The molecule has 1 unspecified atom stereocenters. The number of ether oxygens (including phenoxy) is 1. The maximum Gasteiger partial charge on any atom is 0.407 e. The molecule has 0 aromatic carbocycles. The number of aryl methyl sites for hydroxylation is 1. The van der Waals surface area contributed by atoms with Gasteiger partial charge in [-0.2, -0.15) is 4.98 Å². The van der Waals surface area contributed by atoms with Crippen LogP contribution in [0.15, 0.2) is 23.3 Å². The van der Waals surface area contributed by atoms with Crippen molar-refractivity contribution in [1.29, 1.82) is 0 Å². The molecule has 15 heteroatoms. The Bertz CT molecular complexity index is 1460. The Morgan fingerprint density at radius 2 is 1.97 bits per heavy atom. The molecule has 36 heavy (non-hydrogen) atoms. The van der Waals surface area contributed by atoms with Gasteiger partial charge in [0, 0.05) is 31.2 Å². The second-order valence-corrected chi connectivity index (χ2v) is 9.72. The normalized spacial score (nSPS) is 12.3. The van der Waals surface area contributed by atoms with Crippen molar-refractivity contribution in [2.75, 3.05) is 29.4 Å². The highest BCUT2D eigenvalue weighted by Crippen LogP contribution is 2.29. The summed E-state index contributed by atoms with van der Waals surface area (Å²) < 4.78 is 61.6. The lowest BCUT2D eigenvalue weighted by Crippen LogP contribution is -2.37. The molecule has 0 bridgehead atoms. The van der Waals surface area contributed by atoms with Crippen LogP contribution in [0.25, 0.3) is 22.2 Å². The fourth-order valence-corrected chi connectivity index (χ4v) is 4.39. The first-order chi connectivity index (χ1) is 17.0. The smallest absolute Gasteiger partial charge is 0.407 e. The predicted molar refractivity (Wildman–Crippen MR) is 129 cm³/mol. The SMILES string of the molecule is CCCS(=O)(=O)Nc1ncc(F)c(-c2cc3cnc(NCC(C)NC(=O)OC)nc3n(C)c2=O)c1F. The van der Waals surface area contributed by atoms with E-state index < -0.39 is 44.7 Å². The molecule has 3 N–H and O–H groups in total. The van der Waals surface area contributed by atoms with Crippen LogP contribution in [0.3, 0.4) is 0 Å². The van der Waals surface area contributed by atoms with Gasteiger partial charge >= 0.3 is 6.09 Å². The van der Waals surface area contributed by atoms with E-state index in [2.05, 4.69) is 30.3 Å². The molecule has 12 nitrogen and oxygen atoms in total. The van der Waals surface area contributed by atoms with Crippen molar-refractivity contribution < 1.29 is 26.7 Å². The number of carbonyl (C=O) groups excluding carboxylic acids is 1. The zero-order chi connectivity index (χ0) is 26.6. The Kier molecular flexibility index (Phi) is 8.02. The van der Waals surface area contributed by atoms with Crippen LogP contribution in [-0.4, -0.2) is 59.5 Å². The van der Waals surface area contributed by atoms with E-state index in [4.69, 9.17) is 0 Å². The summed E-state index contributed by atoms with van der Waals surface area (Å²) in [5, 5.41) is 5.77. The Labute approximate surface area is 205 Å². The van der Waals surface area contributed by atoms with Crippen molar-refractivity contribution >= 4 is 38.9 Å². The summed E-state index contributed by atoms with van der Waals surface area (Å²) in [5.74, 6) is -3.32. The van der Waals surface area contributed by atoms with E-state index in [0.29, 0.717) is 11.6 Å². The molecule has 0 spiro atoms. The molecule has 0 fully saturated rings. The van der Waals surface area contributed by atoms with Crippen LogP contribution in [0.4, 0.5) is 25.3 Å². The van der Waals surface area contributed by atoms with Gasteiger partial charge in [0.15, 0.2) is 17.5 Å². The van der Waals surface area contributed by atoms with Crippen molar-refractivity contribution in [2.45, 2.75) is 26.3 Å². The number of sulfonamides is 1. The van der Waals surface area contributed by atoms with E-state index in [0.717, 1.165) is 4.57 Å². The Hall–Kier alpha value is -3.88. The van der Waals surface area contributed by atoms with Gasteiger partial charge < -0.3 is 15.4 Å². The molecule has 0 radical (unpaired) electrons. The summed E-state index contributed by atoms with van der Waals surface area (Å²) in [4.78, 5) is 36.3. The number of nitrogens with zero attached hydrogens (tertiary/aromatic N) is 4. The van der Waals surface area contributed by atoms with E-state index in [1.54, 1.807) is 13.8 Å². The second-order valence-electron chi connectivity index (χ2n) is 7.88. The first kappa shape index (κ1) is 26.7. The number of methoxy groups -OCH3 is 1. The minimum atomic E-state index is -3.91. The van der Waals surface area contributed by atoms with Crippen LogP contribution < -0.4 is 20.9 Å². The monoisotopic (exact) mass is 525 g/mol. The van der Waals surface area contributed by atoms with Crippen LogP contribution in [0.5, 0.6) is 0 Å². The van der Waals surface area contributed by atoms with Crippen molar-refractivity contribution in [3.05, 3.63) is 40.4 Å². The molecule has 3 aromatic rings. The summed E-state index contributed by atoms with van der Waals surface area (Å²) >= 11 is 0. The lowest BCUT2D eigenvalue weighted by atomic mass is 10.1. The standard InChI is InChI=1S/C21H25F2N7O5S/c1-5-6-36(33,34)29-17-16(23)15(14(22)10-24-17)13-7-12-9-26-20(28-18(12)30(3)19(13)31)25-8-11(2)27-21(32)35-4/h7,9-11H,5-6,8H2,1-4H3,(H,24,29)(H,27,32)(H,25,26,28). The first-order valence-corrected chi connectivity index (χ1v) is 12.4. The van der Waals surface area contributed by atoms with Crippen molar-refractivity contribution in [3.8, 4) is 11.1 Å². The molecular formula is C21H25F2N7O5S. The zero-order valence-electron chi connectivity index (χ0n) is 19.9. The molecule has 0 aliphatic carbocycles. The molecule has 3 heterocycles. The summed E-state index contributed by atoms with van der Waals surface area (Å²) in [6, 6.07) is 0.888. The lowest BCUT2D eigenvalue weighted by molar-refractivity contribution is 0.168. The molecule has 3 rings (SSSR count). The van der Waals surface area contributed by atoms with Gasteiger partial charge in [0.1, 0.15) is 5.65 Å². The van der Waals surface area contributed by atoms with Gasteiger partial charge in [-0.25, -0.2) is 32.0 Å². The van der Waals surface area contributed by atoms with Gasteiger partial charge in [0.05, 0.1) is 30.2 Å². The van der Waals surface area contributed by atoms with E-state index >= 15 is 4.39 Å².